The Labute approximate surface area is 180 Å². The van der Waals surface area contributed by atoms with Gasteiger partial charge in [0.2, 0.25) is 5.95 Å². The van der Waals surface area contributed by atoms with Crippen LogP contribution in [0.2, 0.25) is 0 Å². The van der Waals surface area contributed by atoms with Crippen molar-refractivity contribution in [1.82, 2.24) is 9.97 Å². The normalized spacial score (nSPS) is 15.5. The number of aliphatic hydroxyl groups is 1. The van der Waals surface area contributed by atoms with Crippen LogP contribution in [0.1, 0.15) is 10.4 Å². The summed E-state index contributed by atoms with van der Waals surface area (Å²) >= 11 is 0. The lowest BCUT2D eigenvalue weighted by atomic mass is 10.2. The van der Waals surface area contributed by atoms with Crippen LogP contribution in [-0.4, -0.2) is 67.2 Å². The zero-order chi connectivity index (χ0) is 21.0. The highest BCUT2D eigenvalue weighted by molar-refractivity contribution is 7.90. The molecule has 0 spiro atoms. The molecule has 0 saturated heterocycles. The number of sulfone groups is 1. The van der Waals surface area contributed by atoms with Gasteiger partial charge in [-0.25, -0.2) is 13.4 Å². The van der Waals surface area contributed by atoms with Crippen LogP contribution in [0.3, 0.4) is 0 Å². The number of ether oxygens (including phenoxy) is 1. The number of hydrogen-bond acceptors (Lipinski definition) is 10. The predicted octanol–water partition coefficient (Wildman–Crippen LogP) is 0.0536. The van der Waals surface area contributed by atoms with E-state index in [4.69, 9.17) is 10.5 Å². The summed E-state index contributed by atoms with van der Waals surface area (Å²) in [5.74, 6) is 0.0771. The van der Waals surface area contributed by atoms with Crippen LogP contribution in [0, 0.1) is 0 Å². The lowest BCUT2D eigenvalue weighted by Gasteiger charge is -2.13. The number of aliphatic hydroxyl groups excluding tert-OH is 1. The molecule has 11 nitrogen and oxygen atoms in total. The Balaban J connectivity index is 0.00000320. The van der Waals surface area contributed by atoms with Crippen molar-refractivity contribution >= 4 is 52.4 Å². The maximum atomic E-state index is 11.6. The highest BCUT2D eigenvalue weighted by atomic mass is 32.2. The molecule has 1 aliphatic rings. The van der Waals surface area contributed by atoms with Crippen LogP contribution < -0.4 is 26.4 Å². The SMILES string of the molecule is CS(=O)(=O)CCNc1nc(Nc2ccc3c(c2)NC[C@H](O)CO3)ncc1C(N)=O.S. The van der Waals surface area contributed by atoms with Crippen molar-refractivity contribution in [2.24, 2.45) is 5.73 Å². The fraction of sp³-hybridized carbons (Fsp3) is 0.353. The van der Waals surface area contributed by atoms with Crippen LogP contribution in [0.25, 0.3) is 0 Å². The first-order chi connectivity index (χ1) is 13.7. The molecule has 2 aromatic rings. The number of nitrogens with zero attached hydrogens (tertiary/aromatic N) is 2. The molecule has 0 unspecified atom stereocenters. The van der Waals surface area contributed by atoms with E-state index in [1.807, 2.05) is 0 Å². The molecular weight excluding hydrogens is 432 g/mol. The minimum Gasteiger partial charge on any atom is -0.489 e. The molecule has 0 saturated carbocycles. The number of carbonyl (C=O) groups excluding carboxylic acids is 1. The Kier molecular flexibility index (Phi) is 7.70. The third-order valence-electron chi connectivity index (χ3n) is 4.01. The van der Waals surface area contributed by atoms with Crippen LogP contribution in [-0.2, 0) is 9.84 Å². The number of hydrogen-bond donors (Lipinski definition) is 5. The first-order valence-corrected chi connectivity index (χ1v) is 10.8. The number of amides is 1. The molecular formula is C17H24N6O5S2. The largest absolute Gasteiger partial charge is 0.489 e. The first kappa shape index (κ1) is 23.5. The summed E-state index contributed by atoms with van der Waals surface area (Å²) < 4.78 is 28.1. The number of carbonyl (C=O) groups is 1. The molecule has 0 radical (unpaired) electrons. The summed E-state index contributed by atoms with van der Waals surface area (Å²) in [6.45, 7) is 0.625. The van der Waals surface area contributed by atoms with E-state index in [1.165, 1.54) is 6.20 Å². The molecule has 1 amide bonds. The number of β-amino-alcohol motifs (C(OH)–C–C–N with tert-alkyl or cyclic N) is 1. The average molecular weight is 457 g/mol. The minimum absolute atomic E-state index is 0. The standard InChI is InChI=1S/C17H22N6O5S.H2S/c1-29(26,27)5-4-19-16-12(15(18)25)8-21-17(23-16)22-10-2-3-14-13(6-10)20-7-11(24)9-28-14;/h2-3,6,8,11,20,24H,4-5,7,9H2,1H3,(H2,18,25)(H2,19,21,22,23);1H2/t11-;/m0./s1. The van der Waals surface area contributed by atoms with Crippen molar-refractivity contribution in [3.05, 3.63) is 30.0 Å². The van der Waals surface area contributed by atoms with Gasteiger partial charge in [-0.15, -0.1) is 0 Å². The number of fused-ring (bicyclic) bond motifs is 1. The van der Waals surface area contributed by atoms with Crippen LogP contribution in [0.4, 0.5) is 23.1 Å². The van der Waals surface area contributed by atoms with Gasteiger partial charge in [0, 0.05) is 31.2 Å². The van der Waals surface area contributed by atoms with Crippen molar-refractivity contribution in [2.45, 2.75) is 6.10 Å². The van der Waals surface area contributed by atoms with E-state index in [-0.39, 0.29) is 49.7 Å². The number of nitrogens with two attached hydrogens (primary N) is 1. The molecule has 1 aromatic heterocycles. The maximum absolute atomic E-state index is 11.6. The van der Waals surface area contributed by atoms with Gasteiger partial charge in [-0.1, -0.05) is 0 Å². The van der Waals surface area contributed by atoms with E-state index in [9.17, 15) is 18.3 Å². The fourth-order valence-electron chi connectivity index (χ4n) is 2.59. The van der Waals surface area contributed by atoms with Gasteiger partial charge in [-0.3, -0.25) is 4.79 Å². The van der Waals surface area contributed by atoms with Crippen LogP contribution in [0.5, 0.6) is 5.75 Å². The molecule has 2 heterocycles. The highest BCUT2D eigenvalue weighted by Gasteiger charge is 2.16. The Morgan fingerprint density at radius 1 is 1.43 bits per heavy atom. The maximum Gasteiger partial charge on any atom is 0.254 e. The van der Waals surface area contributed by atoms with E-state index in [0.717, 1.165) is 6.26 Å². The zero-order valence-corrected chi connectivity index (χ0v) is 18.0. The molecule has 6 N–H and O–H groups in total. The molecule has 1 aromatic carbocycles. The quantitative estimate of drug-likeness (QED) is 0.384. The average Bonchev–Trinajstić information content (AvgIpc) is 2.82. The van der Waals surface area contributed by atoms with Crippen molar-refractivity contribution in [2.75, 3.05) is 47.7 Å². The van der Waals surface area contributed by atoms with E-state index in [2.05, 4.69) is 25.9 Å². The Hall–Kier alpha value is -2.77. The van der Waals surface area contributed by atoms with Crippen molar-refractivity contribution in [1.29, 1.82) is 0 Å². The fourth-order valence-corrected chi connectivity index (χ4v) is 3.06. The lowest BCUT2D eigenvalue weighted by Crippen LogP contribution is -2.23. The molecule has 0 fully saturated rings. The number of rotatable bonds is 7. The number of benzene rings is 1. The highest BCUT2D eigenvalue weighted by Crippen LogP contribution is 2.30. The van der Waals surface area contributed by atoms with Gasteiger partial charge in [-0.05, 0) is 18.2 Å². The van der Waals surface area contributed by atoms with Gasteiger partial charge in [0.05, 0.1) is 17.0 Å². The minimum atomic E-state index is -3.18. The van der Waals surface area contributed by atoms with Crippen molar-refractivity contribution in [3.8, 4) is 5.75 Å². The van der Waals surface area contributed by atoms with E-state index in [1.54, 1.807) is 18.2 Å². The summed E-state index contributed by atoms with van der Waals surface area (Å²) in [5, 5.41) is 18.6. The molecule has 164 valence electrons. The van der Waals surface area contributed by atoms with E-state index < -0.39 is 21.8 Å². The molecule has 3 rings (SSSR count). The van der Waals surface area contributed by atoms with Crippen LogP contribution >= 0.6 is 13.5 Å². The summed E-state index contributed by atoms with van der Waals surface area (Å²) in [4.78, 5) is 19.9. The first-order valence-electron chi connectivity index (χ1n) is 8.75. The van der Waals surface area contributed by atoms with E-state index >= 15 is 0 Å². The smallest absolute Gasteiger partial charge is 0.254 e. The van der Waals surface area contributed by atoms with Gasteiger partial charge in [0.1, 0.15) is 34.1 Å². The summed E-state index contributed by atoms with van der Waals surface area (Å²) in [6, 6.07) is 5.27. The van der Waals surface area contributed by atoms with Crippen LogP contribution in [0.15, 0.2) is 24.4 Å². The Bertz CT molecular complexity index is 1020. The number of primary amides is 1. The molecule has 0 bridgehead atoms. The molecule has 13 heteroatoms. The van der Waals surface area contributed by atoms with Crippen molar-refractivity contribution in [3.63, 3.8) is 0 Å². The number of aromatic nitrogens is 2. The van der Waals surface area contributed by atoms with Gasteiger partial charge in [0.25, 0.3) is 5.91 Å². The lowest BCUT2D eigenvalue weighted by molar-refractivity contribution is 0.100. The summed E-state index contributed by atoms with van der Waals surface area (Å²) in [6.07, 6.45) is 1.77. The second-order valence-corrected chi connectivity index (χ2v) is 8.82. The summed E-state index contributed by atoms with van der Waals surface area (Å²) in [7, 11) is -3.18. The molecule has 1 atom stereocenters. The molecule has 30 heavy (non-hydrogen) atoms. The molecule has 0 aliphatic carbocycles. The molecule has 1 aliphatic heterocycles. The van der Waals surface area contributed by atoms with Gasteiger partial charge in [0.15, 0.2) is 0 Å². The topological polar surface area (TPSA) is 169 Å². The zero-order valence-electron chi connectivity index (χ0n) is 16.2. The Morgan fingerprint density at radius 3 is 2.90 bits per heavy atom. The monoisotopic (exact) mass is 456 g/mol. The number of anilines is 4. The van der Waals surface area contributed by atoms with E-state index in [0.29, 0.717) is 23.7 Å². The predicted molar refractivity (Wildman–Crippen MR) is 119 cm³/mol. The van der Waals surface area contributed by atoms with Gasteiger partial charge < -0.3 is 31.5 Å². The third-order valence-corrected chi connectivity index (χ3v) is 4.96. The van der Waals surface area contributed by atoms with Crippen molar-refractivity contribution < 1.29 is 23.1 Å². The Morgan fingerprint density at radius 2 is 2.20 bits per heavy atom. The summed E-state index contributed by atoms with van der Waals surface area (Å²) in [5.41, 5.74) is 6.73. The van der Waals surface area contributed by atoms with Gasteiger partial charge >= 0.3 is 0 Å². The number of nitrogens with one attached hydrogen (secondary N) is 3. The third kappa shape index (κ3) is 6.37. The van der Waals surface area contributed by atoms with Gasteiger partial charge in [-0.2, -0.15) is 18.5 Å². The second kappa shape index (κ2) is 9.82. The second-order valence-electron chi connectivity index (χ2n) is 6.56.